The summed E-state index contributed by atoms with van der Waals surface area (Å²) < 4.78 is 7.75. The highest BCUT2D eigenvalue weighted by Gasteiger charge is 2.13. The van der Waals surface area contributed by atoms with Gasteiger partial charge in [-0.15, -0.1) is 0 Å². The van der Waals surface area contributed by atoms with Crippen LogP contribution in [0, 0.1) is 0 Å². The maximum atomic E-state index is 12.4. The van der Waals surface area contributed by atoms with E-state index in [1.165, 1.54) is 22.7 Å². The van der Waals surface area contributed by atoms with Crippen molar-refractivity contribution in [2.24, 2.45) is 5.84 Å². The molecule has 2 aromatic rings. The van der Waals surface area contributed by atoms with Gasteiger partial charge in [-0.25, -0.2) is 10.6 Å². The Bertz CT molecular complexity index is 752. The van der Waals surface area contributed by atoms with Gasteiger partial charge in [0.05, 0.1) is 19.8 Å². The molecule has 23 heavy (non-hydrogen) atoms. The Labute approximate surface area is 132 Å². The van der Waals surface area contributed by atoms with Crippen molar-refractivity contribution >= 4 is 5.82 Å². The van der Waals surface area contributed by atoms with Crippen LogP contribution in [0.25, 0.3) is 0 Å². The first-order valence-electron chi connectivity index (χ1n) is 7.10. The van der Waals surface area contributed by atoms with E-state index < -0.39 is 11.2 Å². The Morgan fingerprint density at radius 1 is 1.22 bits per heavy atom. The zero-order chi connectivity index (χ0) is 16.8. The van der Waals surface area contributed by atoms with Gasteiger partial charge in [0.1, 0.15) is 12.5 Å². The lowest BCUT2D eigenvalue weighted by Crippen LogP contribution is -2.44. The third-order valence-corrected chi connectivity index (χ3v) is 3.27. The fourth-order valence-corrected chi connectivity index (χ4v) is 2.15. The average Bonchev–Trinajstić information content (AvgIpc) is 2.54. The number of aromatic nitrogens is 2. The Balaban J connectivity index is 2.26. The normalized spacial score (nSPS) is 10.7. The van der Waals surface area contributed by atoms with E-state index in [1.807, 2.05) is 30.3 Å². The summed E-state index contributed by atoms with van der Waals surface area (Å²) in [6, 6.07) is 10.7. The molecule has 0 aliphatic rings. The van der Waals surface area contributed by atoms with Crippen molar-refractivity contribution in [3.05, 3.63) is 62.8 Å². The van der Waals surface area contributed by atoms with Crippen LogP contribution >= 0.6 is 0 Å². The van der Waals surface area contributed by atoms with E-state index in [2.05, 4.69) is 0 Å². The molecule has 0 unspecified atom stereocenters. The number of ether oxygens (including phenoxy) is 1. The minimum Gasteiger partial charge on any atom is -0.395 e. The van der Waals surface area contributed by atoms with Crippen molar-refractivity contribution in [2.45, 2.75) is 19.9 Å². The van der Waals surface area contributed by atoms with Crippen LogP contribution in [0.3, 0.4) is 0 Å². The Kier molecular flexibility index (Phi) is 5.69. The van der Waals surface area contributed by atoms with Crippen LogP contribution in [0.1, 0.15) is 5.56 Å². The quantitative estimate of drug-likeness (QED) is 0.526. The van der Waals surface area contributed by atoms with Gasteiger partial charge in [0.25, 0.3) is 5.56 Å². The van der Waals surface area contributed by atoms with Gasteiger partial charge in [-0.05, 0) is 5.56 Å². The van der Waals surface area contributed by atoms with Crippen LogP contribution in [0.5, 0.6) is 0 Å². The summed E-state index contributed by atoms with van der Waals surface area (Å²) in [4.78, 5) is 24.3. The molecule has 0 radical (unpaired) electrons. The molecule has 0 amide bonds. The molecule has 0 aliphatic heterocycles. The van der Waals surface area contributed by atoms with Crippen LogP contribution in [0.2, 0.25) is 0 Å². The molecule has 0 atom stereocenters. The zero-order valence-corrected chi connectivity index (χ0v) is 12.9. The molecule has 0 spiro atoms. The highest BCUT2D eigenvalue weighted by molar-refractivity contribution is 5.35. The van der Waals surface area contributed by atoms with Crippen molar-refractivity contribution in [1.29, 1.82) is 0 Å². The topological polar surface area (TPSA) is 103 Å². The SMILES string of the molecule is CN(N)c1cc(=O)n(CCO)c(=O)n1COCc1ccccc1. The second-order valence-corrected chi connectivity index (χ2v) is 5.00. The molecule has 0 bridgehead atoms. The van der Waals surface area contributed by atoms with Gasteiger partial charge in [-0.3, -0.25) is 18.9 Å². The first-order chi connectivity index (χ1) is 11.0. The molecule has 0 aliphatic carbocycles. The van der Waals surface area contributed by atoms with Gasteiger partial charge in [0.15, 0.2) is 0 Å². The summed E-state index contributed by atoms with van der Waals surface area (Å²) in [5.41, 5.74) is -0.130. The monoisotopic (exact) mass is 320 g/mol. The molecule has 8 heteroatoms. The first kappa shape index (κ1) is 16.9. The van der Waals surface area contributed by atoms with E-state index in [4.69, 9.17) is 15.7 Å². The van der Waals surface area contributed by atoms with E-state index in [0.29, 0.717) is 6.61 Å². The van der Waals surface area contributed by atoms with E-state index in [1.54, 1.807) is 0 Å². The Morgan fingerprint density at radius 3 is 2.52 bits per heavy atom. The lowest BCUT2D eigenvalue weighted by atomic mass is 10.2. The lowest BCUT2D eigenvalue weighted by Gasteiger charge is -2.19. The highest BCUT2D eigenvalue weighted by atomic mass is 16.5. The Hall–Kier alpha value is -2.42. The molecule has 0 saturated heterocycles. The molecule has 124 valence electrons. The van der Waals surface area contributed by atoms with E-state index in [-0.39, 0.29) is 25.7 Å². The number of nitrogens with two attached hydrogens (primary N) is 1. The van der Waals surface area contributed by atoms with Crippen LogP contribution in [-0.4, -0.2) is 27.9 Å². The molecule has 1 aromatic heterocycles. The smallest absolute Gasteiger partial charge is 0.334 e. The first-order valence-corrected chi connectivity index (χ1v) is 7.10. The minimum atomic E-state index is -0.577. The molecule has 3 N–H and O–H groups in total. The van der Waals surface area contributed by atoms with Crippen molar-refractivity contribution in [3.63, 3.8) is 0 Å². The Morgan fingerprint density at radius 2 is 1.91 bits per heavy atom. The highest BCUT2D eigenvalue weighted by Crippen LogP contribution is 2.06. The van der Waals surface area contributed by atoms with Crippen molar-refractivity contribution in [3.8, 4) is 0 Å². The number of hydrogen-bond donors (Lipinski definition) is 2. The third-order valence-electron chi connectivity index (χ3n) is 3.27. The van der Waals surface area contributed by atoms with E-state index in [0.717, 1.165) is 10.1 Å². The van der Waals surface area contributed by atoms with Gasteiger partial charge in [0.2, 0.25) is 0 Å². The third kappa shape index (κ3) is 4.07. The fraction of sp³-hybridized carbons (Fsp3) is 0.333. The molecule has 0 fully saturated rings. The summed E-state index contributed by atoms with van der Waals surface area (Å²) in [7, 11) is 1.53. The number of aliphatic hydroxyl groups excluding tert-OH is 1. The van der Waals surface area contributed by atoms with E-state index in [9.17, 15) is 9.59 Å². The number of aliphatic hydroxyl groups is 1. The predicted octanol–water partition coefficient (Wildman–Crippen LogP) is -0.513. The van der Waals surface area contributed by atoms with Crippen molar-refractivity contribution < 1.29 is 9.84 Å². The maximum absolute atomic E-state index is 12.4. The number of nitrogens with zero attached hydrogens (tertiary/aromatic N) is 3. The molecule has 1 heterocycles. The predicted molar refractivity (Wildman–Crippen MR) is 85.9 cm³/mol. The largest absolute Gasteiger partial charge is 0.395 e. The van der Waals surface area contributed by atoms with Gasteiger partial charge in [-0.2, -0.15) is 0 Å². The summed E-state index contributed by atoms with van der Waals surface area (Å²) in [5.74, 6) is 5.92. The van der Waals surface area contributed by atoms with Crippen molar-refractivity contribution in [1.82, 2.24) is 9.13 Å². The summed E-state index contributed by atoms with van der Waals surface area (Å²) in [6.45, 7) is -0.126. The molecular weight excluding hydrogens is 300 g/mol. The molecule has 0 saturated carbocycles. The van der Waals surface area contributed by atoms with Crippen LogP contribution in [0.15, 0.2) is 46.0 Å². The van der Waals surface area contributed by atoms with Crippen molar-refractivity contribution in [2.75, 3.05) is 18.7 Å². The maximum Gasteiger partial charge on any atom is 0.334 e. The van der Waals surface area contributed by atoms with Gasteiger partial charge >= 0.3 is 5.69 Å². The summed E-state index contributed by atoms with van der Waals surface area (Å²) in [5, 5.41) is 10.2. The standard InChI is InChI=1S/C15H20N4O4/c1-17(16)13-9-14(21)18(7-8-20)15(22)19(13)11-23-10-12-5-3-2-4-6-12/h2-6,9,20H,7-8,10-11,16H2,1H3. The minimum absolute atomic E-state index is 0.0592. The van der Waals surface area contributed by atoms with Gasteiger partial charge in [0, 0.05) is 13.1 Å². The second-order valence-electron chi connectivity index (χ2n) is 5.00. The lowest BCUT2D eigenvalue weighted by molar-refractivity contribution is 0.0604. The average molecular weight is 320 g/mol. The van der Waals surface area contributed by atoms with Crippen LogP contribution in [-0.2, 0) is 24.6 Å². The van der Waals surface area contributed by atoms with Gasteiger partial charge < -0.3 is 9.84 Å². The number of benzene rings is 1. The van der Waals surface area contributed by atoms with Crippen LogP contribution in [0.4, 0.5) is 5.82 Å². The number of hydrogen-bond acceptors (Lipinski definition) is 6. The number of rotatable bonds is 7. The van der Waals surface area contributed by atoms with E-state index >= 15 is 0 Å². The van der Waals surface area contributed by atoms with Crippen LogP contribution < -0.4 is 22.1 Å². The molecule has 2 rings (SSSR count). The van der Waals surface area contributed by atoms with Gasteiger partial charge in [-0.1, -0.05) is 30.3 Å². The molecule has 8 nitrogen and oxygen atoms in total. The number of hydrazine groups is 1. The zero-order valence-electron chi connectivity index (χ0n) is 12.9. The molecule has 1 aromatic carbocycles. The number of anilines is 1. The fourth-order valence-electron chi connectivity index (χ4n) is 2.15. The molecular formula is C15H20N4O4. The second kappa shape index (κ2) is 7.73. The summed E-state index contributed by atoms with van der Waals surface area (Å²) in [6.07, 6.45) is 0. The summed E-state index contributed by atoms with van der Waals surface area (Å²) >= 11 is 0.